The van der Waals surface area contributed by atoms with Crippen molar-refractivity contribution in [2.24, 2.45) is 0 Å². The molecular formula is C11H14Cl2N2O2S. The smallest absolute Gasteiger partial charge is 0.242 e. The van der Waals surface area contributed by atoms with E-state index < -0.39 is 10.0 Å². The second kappa shape index (κ2) is 4.98. The highest BCUT2D eigenvalue weighted by atomic mass is 35.5. The molecule has 0 spiro atoms. The molecule has 1 aliphatic heterocycles. The molecule has 4 nitrogen and oxygen atoms in total. The standard InChI is InChI=1S/C11H14Cl2N2O2S/c1-6-3-9(12)7(2)11(10(6)13)18(16,17)15-8-4-14-5-8/h3,8,14-15H,4-5H2,1-2H3. The lowest BCUT2D eigenvalue weighted by atomic mass is 10.2. The summed E-state index contributed by atoms with van der Waals surface area (Å²) in [6.07, 6.45) is 0. The predicted octanol–water partition coefficient (Wildman–Crippen LogP) is 1.86. The first-order chi connectivity index (χ1) is 8.33. The number of nitrogens with one attached hydrogen (secondary N) is 2. The van der Waals surface area contributed by atoms with E-state index in [2.05, 4.69) is 10.0 Å². The largest absolute Gasteiger partial charge is 0.313 e. The van der Waals surface area contributed by atoms with Gasteiger partial charge in [0.25, 0.3) is 0 Å². The summed E-state index contributed by atoms with van der Waals surface area (Å²) in [6, 6.07) is 1.59. The summed E-state index contributed by atoms with van der Waals surface area (Å²) < 4.78 is 27.2. The van der Waals surface area contributed by atoms with Crippen LogP contribution in [0.3, 0.4) is 0 Å². The molecule has 1 fully saturated rings. The fourth-order valence-electron chi connectivity index (χ4n) is 1.78. The number of hydrogen-bond donors (Lipinski definition) is 2. The normalized spacial score (nSPS) is 16.7. The zero-order valence-corrected chi connectivity index (χ0v) is 12.4. The van der Waals surface area contributed by atoms with Gasteiger partial charge in [0.15, 0.2) is 0 Å². The fraction of sp³-hybridized carbons (Fsp3) is 0.455. The van der Waals surface area contributed by atoms with Crippen molar-refractivity contribution in [1.29, 1.82) is 0 Å². The van der Waals surface area contributed by atoms with Crippen molar-refractivity contribution >= 4 is 33.2 Å². The Labute approximate surface area is 117 Å². The van der Waals surface area contributed by atoms with Crippen molar-refractivity contribution in [3.63, 3.8) is 0 Å². The number of benzene rings is 1. The molecule has 0 aliphatic carbocycles. The van der Waals surface area contributed by atoms with Crippen LogP contribution in [-0.2, 0) is 10.0 Å². The minimum Gasteiger partial charge on any atom is -0.313 e. The molecule has 0 aromatic heterocycles. The van der Waals surface area contributed by atoms with Gasteiger partial charge in [-0.2, -0.15) is 0 Å². The molecule has 1 aromatic rings. The lowest BCUT2D eigenvalue weighted by Gasteiger charge is -2.28. The van der Waals surface area contributed by atoms with Crippen molar-refractivity contribution in [1.82, 2.24) is 10.0 Å². The van der Waals surface area contributed by atoms with E-state index in [9.17, 15) is 8.42 Å². The van der Waals surface area contributed by atoms with Gasteiger partial charge in [0.1, 0.15) is 4.90 Å². The minimum absolute atomic E-state index is 0.0789. The highest BCUT2D eigenvalue weighted by molar-refractivity contribution is 7.89. The van der Waals surface area contributed by atoms with Crippen molar-refractivity contribution in [2.75, 3.05) is 13.1 Å². The van der Waals surface area contributed by atoms with Crippen LogP contribution in [0, 0.1) is 13.8 Å². The van der Waals surface area contributed by atoms with Gasteiger partial charge in [0.2, 0.25) is 10.0 Å². The highest BCUT2D eigenvalue weighted by Gasteiger charge is 2.28. The van der Waals surface area contributed by atoms with Gasteiger partial charge < -0.3 is 5.32 Å². The van der Waals surface area contributed by atoms with Crippen molar-refractivity contribution < 1.29 is 8.42 Å². The molecule has 1 aliphatic rings. The summed E-state index contributed by atoms with van der Waals surface area (Å²) in [5, 5.41) is 3.64. The van der Waals surface area contributed by atoms with Gasteiger partial charge in [0.05, 0.1) is 5.02 Å². The maximum Gasteiger partial charge on any atom is 0.242 e. The Morgan fingerprint density at radius 1 is 1.33 bits per heavy atom. The topological polar surface area (TPSA) is 58.2 Å². The summed E-state index contributed by atoms with van der Waals surface area (Å²) in [4.78, 5) is 0.0843. The summed E-state index contributed by atoms with van der Waals surface area (Å²) >= 11 is 12.1. The quantitative estimate of drug-likeness (QED) is 0.896. The molecule has 1 aromatic carbocycles. The average molecular weight is 309 g/mol. The van der Waals surface area contributed by atoms with E-state index in [4.69, 9.17) is 23.2 Å². The van der Waals surface area contributed by atoms with E-state index in [0.717, 1.165) is 0 Å². The Bertz CT molecular complexity index is 557. The SMILES string of the molecule is Cc1cc(Cl)c(C)c(S(=O)(=O)NC2CNC2)c1Cl. The van der Waals surface area contributed by atoms with E-state index in [1.54, 1.807) is 19.9 Å². The monoisotopic (exact) mass is 308 g/mol. The van der Waals surface area contributed by atoms with E-state index in [-0.39, 0.29) is 16.0 Å². The van der Waals surface area contributed by atoms with Crippen LogP contribution in [-0.4, -0.2) is 27.5 Å². The molecule has 2 N–H and O–H groups in total. The van der Waals surface area contributed by atoms with Gasteiger partial charge in [-0.3, -0.25) is 0 Å². The van der Waals surface area contributed by atoms with Crippen LogP contribution in [0.15, 0.2) is 11.0 Å². The lowest BCUT2D eigenvalue weighted by Crippen LogP contribution is -2.56. The summed E-state index contributed by atoms with van der Waals surface area (Å²) in [6.45, 7) is 4.66. The Morgan fingerprint density at radius 2 is 1.94 bits per heavy atom. The highest BCUT2D eigenvalue weighted by Crippen LogP contribution is 2.33. The van der Waals surface area contributed by atoms with Gasteiger partial charge >= 0.3 is 0 Å². The van der Waals surface area contributed by atoms with Crippen LogP contribution in [0.1, 0.15) is 11.1 Å². The van der Waals surface area contributed by atoms with Gasteiger partial charge in [-0.1, -0.05) is 23.2 Å². The molecule has 0 bridgehead atoms. The summed E-state index contributed by atoms with van der Waals surface area (Å²) in [5.41, 5.74) is 1.13. The second-order valence-corrected chi connectivity index (χ2v) is 6.86. The summed E-state index contributed by atoms with van der Waals surface area (Å²) in [5.74, 6) is 0. The second-order valence-electron chi connectivity index (χ2n) is 4.42. The van der Waals surface area contributed by atoms with Gasteiger partial charge in [-0.05, 0) is 31.0 Å². The van der Waals surface area contributed by atoms with E-state index in [0.29, 0.717) is 29.2 Å². The summed E-state index contributed by atoms with van der Waals surface area (Å²) in [7, 11) is -3.63. The van der Waals surface area contributed by atoms with Gasteiger partial charge in [0, 0.05) is 24.2 Å². The molecule has 0 atom stereocenters. The molecule has 1 saturated heterocycles. The zero-order valence-electron chi connectivity index (χ0n) is 10.0. The molecule has 2 rings (SSSR count). The number of sulfonamides is 1. The third-order valence-corrected chi connectivity index (χ3v) is 5.64. The van der Waals surface area contributed by atoms with Gasteiger partial charge in [-0.25, -0.2) is 13.1 Å². The van der Waals surface area contributed by atoms with E-state index in [1.807, 2.05) is 0 Å². The van der Waals surface area contributed by atoms with Crippen LogP contribution >= 0.6 is 23.2 Å². The third-order valence-electron chi connectivity index (χ3n) is 2.96. The molecule has 0 amide bonds. The molecule has 0 unspecified atom stereocenters. The minimum atomic E-state index is -3.63. The zero-order chi connectivity index (χ0) is 13.5. The Balaban J connectivity index is 2.49. The molecular weight excluding hydrogens is 295 g/mol. The van der Waals surface area contributed by atoms with Crippen molar-refractivity contribution in [3.8, 4) is 0 Å². The van der Waals surface area contributed by atoms with Crippen molar-refractivity contribution in [3.05, 3.63) is 27.2 Å². The Morgan fingerprint density at radius 3 is 2.44 bits per heavy atom. The lowest BCUT2D eigenvalue weighted by molar-refractivity contribution is 0.410. The third kappa shape index (κ3) is 2.51. The first-order valence-corrected chi connectivity index (χ1v) is 7.75. The van der Waals surface area contributed by atoms with Crippen LogP contribution in [0.5, 0.6) is 0 Å². The molecule has 7 heteroatoms. The van der Waals surface area contributed by atoms with Crippen LogP contribution < -0.4 is 10.0 Å². The van der Waals surface area contributed by atoms with E-state index >= 15 is 0 Å². The molecule has 0 saturated carbocycles. The Kier molecular flexibility index (Phi) is 3.90. The predicted molar refractivity (Wildman–Crippen MR) is 72.9 cm³/mol. The van der Waals surface area contributed by atoms with Crippen molar-refractivity contribution in [2.45, 2.75) is 24.8 Å². The molecule has 100 valence electrons. The average Bonchev–Trinajstić information content (AvgIpc) is 2.21. The van der Waals surface area contributed by atoms with Gasteiger partial charge in [-0.15, -0.1) is 0 Å². The van der Waals surface area contributed by atoms with E-state index in [1.165, 1.54) is 0 Å². The maximum atomic E-state index is 12.3. The number of halogens is 2. The fourth-order valence-corrected chi connectivity index (χ4v) is 4.23. The molecule has 1 heterocycles. The molecule has 18 heavy (non-hydrogen) atoms. The maximum absolute atomic E-state index is 12.3. The van der Waals surface area contributed by atoms with Crippen LogP contribution in [0.2, 0.25) is 10.0 Å². The number of hydrogen-bond acceptors (Lipinski definition) is 3. The van der Waals surface area contributed by atoms with Crippen LogP contribution in [0.25, 0.3) is 0 Å². The number of aryl methyl sites for hydroxylation is 1. The molecule has 0 radical (unpaired) electrons. The number of rotatable bonds is 3. The van der Waals surface area contributed by atoms with Crippen LogP contribution in [0.4, 0.5) is 0 Å². The Hall–Kier alpha value is -0.330. The first-order valence-electron chi connectivity index (χ1n) is 5.51. The first kappa shape index (κ1) is 14.1.